The molecule has 21 heteroatoms. The monoisotopic (exact) mass is 809 g/mol. The van der Waals surface area contributed by atoms with E-state index in [-0.39, 0.29) is 41.7 Å². The molecule has 4 N–H and O–H groups in total. The molecule has 3 heterocycles. The summed E-state index contributed by atoms with van der Waals surface area (Å²) in [5, 5.41) is 15.6. The molecule has 0 aliphatic carbocycles. The lowest BCUT2D eigenvalue weighted by Crippen LogP contribution is -2.31. The number of methoxy groups -OCH3 is 1. The number of aromatic amines is 2. The van der Waals surface area contributed by atoms with Gasteiger partial charge in [-0.1, -0.05) is 30.3 Å². The molecule has 2 aromatic heterocycles. The second kappa shape index (κ2) is 15.5. The van der Waals surface area contributed by atoms with E-state index >= 15 is 0 Å². The van der Waals surface area contributed by atoms with Crippen molar-refractivity contribution in [2.24, 2.45) is 0 Å². The van der Waals surface area contributed by atoms with Crippen molar-refractivity contribution in [1.29, 1.82) is 0 Å². The number of alkyl halides is 4. The quantitative estimate of drug-likeness (QED) is 0.102. The second-order valence-corrected chi connectivity index (χ2v) is 13.5. The first-order valence-electron chi connectivity index (χ1n) is 16.4. The molecule has 0 atom stereocenters. The Morgan fingerprint density at radius 1 is 0.842 bits per heavy atom. The lowest BCUT2D eigenvalue weighted by Gasteiger charge is -2.12. The van der Waals surface area contributed by atoms with Crippen molar-refractivity contribution in [3.8, 4) is 51.4 Å². The molecule has 7 rings (SSSR count). The van der Waals surface area contributed by atoms with Crippen LogP contribution < -0.4 is 33.7 Å². The van der Waals surface area contributed by atoms with Crippen molar-refractivity contribution in [3.05, 3.63) is 114 Å². The molecule has 0 bridgehead atoms. The first-order valence-corrected chi connectivity index (χ1v) is 17.9. The van der Waals surface area contributed by atoms with Gasteiger partial charge < -0.3 is 29.0 Å². The van der Waals surface area contributed by atoms with Gasteiger partial charge in [-0.25, -0.2) is 9.71 Å². The van der Waals surface area contributed by atoms with E-state index in [9.17, 15) is 35.6 Å². The number of hydrogen-bond acceptors (Lipinski definition) is 12. The van der Waals surface area contributed by atoms with Crippen LogP contribution in [-0.2, 0) is 23.2 Å². The maximum Gasteiger partial charge on any atom is 0.586 e. The highest BCUT2D eigenvalue weighted by Gasteiger charge is 2.43. The number of carbonyl (C=O) groups excluding carboxylic acids is 2. The minimum atomic E-state index is -4.54. The van der Waals surface area contributed by atoms with Gasteiger partial charge in [0, 0.05) is 17.2 Å². The van der Waals surface area contributed by atoms with Crippen LogP contribution in [0, 0.1) is 0 Å². The summed E-state index contributed by atoms with van der Waals surface area (Å²) in [7, 11) is -3.13. The van der Waals surface area contributed by atoms with Crippen molar-refractivity contribution in [2.45, 2.75) is 31.1 Å². The SMILES string of the molecule is COc1cc(COc2ccccc2-c2n[nH]c(CNC(=O)c3ccc4c(c3)OC(F)(F)O4)n2)ccc1-c1cc(S(=O)(=O)NC(=O)c2ccccc2OC(F)F)[nH]n1. The lowest BCUT2D eigenvalue weighted by molar-refractivity contribution is -0.286. The maximum absolute atomic E-state index is 13.4. The van der Waals surface area contributed by atoms with Crippen LogP contribution in [0.2, 0.25) is 0 Å². The van der Waals surface area contributed by atoms with Gasteiger partial charge >= 0.3 is 12.9 Å². The van der Waals surface area contributed by atoms with Gasteiger partial charge in [-0.05, 0) is 60.2 Å². The molecule has 0 radical (unpaired) electrons. The molecular weight excluding hydrogens is 782 g/mol. The zero-order chi connectivity index (χ0) is 40.3. The molecule has 1 aliphatic heterocycles. The van der Waals surface area contributed by atoms with Crippen LogP contribution in [0.1, 0.15) is 32.1 Å². The molecule has 0 spiro atoms. The number of nitrogens with one attached hydrogen (secondary N) is 4. The lowest BCUT2D eigenvalue weighted by atomic mass is 10.1. The fraction of sp³-hybridized carbons (Fsp3) is 0.139. The highest BCUT2D eigenvalue weighted by molar-refractivity contribution is 7.90. The highest BCUT2D eigenvalue weighted by atomic mass is 32.2. The van der Waals surface area contributed by atoms with Gasteiger partial charge in [0.1, 0.15) is 29.7 Å². The summed E-state index contributed by atoms with van der Waals surface area (Å²) in [4.78, 5) is 29.8. The Morgan fingerprint density at radius 3 is 2.39 bits per heavy atom. The first-order chi connectivity index (χ1) is 27.3. The number of para-hydroxylation sites is 2. The minimum Gasteiger partial charge on any atom is -0.496 e. The number of sulfonamides is 1. The third-order valence-electron chi connectivity index (χ3n) is 8.09. The van der Waals surface area contributed by atoms with Crippen molar-refractivity contribution in [3.63, 3.8) is 0 Å². The van der Waals surface area contributed by atoms with Crippen LogP contribution in [-0.4, -0.2) is 65.6 Å². The standard InChI is InChI=1S/C36H27F4N7O9S/c1-52-28-14-19(10-12-21(28)24-16-31(45-43-24)57(50,51)47-34(49)23-7-3-5-9-26(23)54-35(37)38)18-53-25-8-4-2-6-22(25)32-42-30(44-46-32)17-41-33(48)20-11-13-27-29(15-20)56-36(39,40)55-27/h2-16,35H,17-18H2,1H3,(H,41,48)(H,43,45)(H,47,49)(H,42,44,46). The van der Waals surface area contributed by atoms with Crippen molar-refractivity contribution < 1.29 is 59.3 Å². The minimum absolute atomic E-state index is 0.0471. The summed E-state index contributed by atoms with van der Waals surface area (Å²) in [5.41, 5.74) is 1.35. The predicted molar refractivity (Wildman–Crippen MR) is 188 cm³/mol. The molecule has 0 fully saturated rings. The fourth-order valence-corrected chi connectivity index (χ4v) is 6.39. The Kier molecular flexibility index (Phi) is 10.4. The summed E-state index contributed by atoms with van der Waals surface area (Å²) in [6.07, 6.45) is -3.81. The summed E-state index contributed by atoms with van der Waals surface area (Å²) in [6, 6.07) is 21.7. The number of H-pyrrole nitrogens is 2. The van der Waals surface area contributed by atoms with E-state index in [4.69, 9.17) is 9.47 Å². The van der Waals surface area contributed by atoms with E-state index in [0.29, 0.717) is 34.0 Å². The molecule has 0 saturated heterocycles. The largest absolute Gasteiger partial charge is 0.586 e. The van der Waals surface area contributed by atoms with Crippen LogP contribution in [0.15, 0.2) is 96.0 Å². The number of carbonyl (C=O) groups is 2. The van der Waals surface area contributed by atoms with E-state index < -0.39 is 51.1 Å². The zero-order valence-corrected chi connectivity index (χ0v) is 29.9. The third kappa shape index (κ3) is 8.57. The van der Waals surface area contributed by atoms with Gasteiger partial charge in [0.2, 0.25) is 0 Å². The van der Waals surface area contributed by atoms with Crippen LogP contribution in [0.4, 0.5) is 17.6 Å². The molecule has 57 heavy (non-hydrogen) atoms. The van der Waals surface area contributed by atoms with Crippen molar-refractivity contribution in [2.75, 3.05) is 7.11 Å². The molecular formula is C36H27F4N7O9S. The average molecular weight is 810 g/mol. The van der Waals surface area contributed by atoms with Gasteiger partial charge in [-0.3, -0.25) is 19.8 Å². The van der Waals surface area contributed by atoms with E-state index in [1.807, 2.05) is 4.72 Å². The fourth-order valence-electron chi connectivity index (χ4n) is 5.49. The van der Waals surface area contributed by atoms with E-state index in [1.165, 1.54) is 37.4 Å². The van der Waals surface area contributed by atoms with Gasteiger partial charge in [-0.15, -0.1) is 8.78 Å². The molecule has 0 saturated carbocycles. The number of fused-ring (bicyclic) bond motifs is 1. The van der Waals surface area contributed by atoms with E-state index in [0.717, 1.165) is 18.2 Å². The smallest absolute Gasteiger partial charge is 0.496 e. The zero-order valence-electron chi connectivity index (χ0n) is 29.1. The van der Waals surface area contributed by atoms with Gasteiger partial charge in [0.25, 0.3) is 21.8 Å². The summed E-state index contributed by atoms with van der Waals surface area (Å²) in [6.45, 7) is -3.26. The van der Waals surface area contributed by atoms with Crippen LogP contribution in [0.5, 0.6) is 28.7 Å². The average Bonchev–Trinajstić information content (AvgIpc) is 3.94. The Bertz CT molecular complexity index is 2580. The van der Waals surface area contributed by atoms with Crippen LogP contribution in [0.3, 0.4) is 0 Å². The number of halogens is 4. The normalized spacial score (nSPS) is 12.9. The van der Waals surface area contributed by atoms with Crippen LogP contribution in [0.25, 0.3) is 22.6 Å². The maximum atomic E-state index is 13.4. The molecule has 2 amide bonds. The van der Waals surface area contributed by atoms with Crippen molar-refractivity contribution >= 4 is 21.8 Å². The Labute approximate surface area is 319 Å². The van der Waals surface area contributed by atoms with E-state index in [1.54, 1.807) is 42.5 Å². The number of nitrogens with zero attached hydrogens (tertiary/aromatic N) is 3. The number of hydrogen-bond donors (Lipinski definition) is 4. The number of ether oxygens (including phenoxy) is 5. The molecule has 1 aliphatic rings. The van der Waals surface area contributed by atoms with Gasteiger partial charge in [-0.2, -0.15) is 27.4 Å². The summed E-state index contributed by atoms with van der Waals surface area (Å²) in [5.74, 6) is -1.45. The van der Waals surface area contributed by atoms with Gasteiger partial charge in [0.05, 0.1) is 30.5 Å². The van der Waals surface area contributed by atoms with Gasteiger partial charge in [0.15, 0.2) is 22.3 Å². The second-order valence-electron chi connectivity index (χ2n) is 11.9. The third-order valence-corrected chi connectivity index (χ3v) is 9.34. The summed E-state index contributed by atoms with van der Waals surface area (Å²) < 4.78 is 105. The number of amides is 2. The molecule has 4 aromatic carbocycles. The van der Waals surface area contributed by atoms with E-state index in [2.05, 4.69) is 44.9 Å². The molecule has 16 nitrogen and oxygen atoms in total. The van der Waals surface area contributed by atoms with Crippen molar-refractivity contribution in [1.82, 2.24) is 35.4 Å². The molecule has 0 unspecified atom stereocenters. The summed E-state index contributed by atoms with van der Waals surface area (Å²) >= 11 is 0. The Morgan fingerprint density at radius 2 is 1.60 bits per heavy atom. The number of benzene rings is 4. The topological polar surface area (TPSA) is 209 Å². The molecule has 6 aromatic rings. The molecule has 294 valence electrons. The predicted octanol–water partition coefficient (Wildman–Crippen LogP) is 5.42. The Balaban J connectivity index is 0.989. The van der Waals surface area contributed by atoms with Crippen LogP contribution >= 0.6 is 0 Å². The highest BCUT2D eigenvalue weighted by Crippen LogP contribution is 2.41. The number of aromatic nitrogens is 5. The number of rotatable bonds is 14. The first kappa shape index (κ1) is 38.1. The Hall–Kier alpha value is -7.16.